The Morgan fingerprint density at radius 3 is 2.40 bits per heavy atom. The Hall–Kier alpha value is -5.91. The van der Waals surface area contributed by atoms with E-state index in [9.17, 15) is 19.2 Å². The number of aryl methyl sites for hydroxylation is 1. The zero-order valence-corrected chi connectivity index (χ0v) is 30.3. The molecule has 9 nitrogen and oxygen atoms in total. The maximum Gasteiger partial charge on any atom is 0.341 e. The summed E-state index contributed by atoms with van der Waals surface area (Å²) in [5, 5.41) is 11.3. The van der Waals surface area contributed by atoms with Crippen LogP contribution in [0.3, 0.4) is 0 Å². The molecule has 0 saturated carbocycles. The van der Waals surface area contributed by atoms with Gasteiger partial charge in [-0.25, -0.2) is 4.79 Å². The van der Waals surface area contributed by atoms with E-state index in [1.807, 2.05) is 79.9 Å². The van der Waals surface area contributed by atoms with Crippen LogP contribution in [0.15, 0.2) is 125 Å². The van der Waals surface area contributed by atoms with Crippen LogP contribution in [0, 0.1) is 6.92 Å². The van der Waals surface area contributed by atoms with E-state index in [2.05, 4.69) is 20.9 Å². The summed E-state index contributed by atoms with van der Waals surface area (Å²) in [5.41, 5.74) is 5.53. The molecule has 1 atom stereocenters. The highest BCUT2D eigenvalue weighted by atomic mass is 32.2. The second-order valence-electron chi connectivity index (χ2n) is 11.9. The first-order valence-corrected chi connectivity index (χ1v) is 18.3. The lowest BCUT2D eigenvalue weighted by molar-refractivity contribution is -0.116. The van der Waals surface area contributed by atoms with E-state index in [0.717, 1.165) is 32.5 Å². The first kappa shape index (κ1) is 35.9. The molecule has 6 rings (SSSR count). The van der Waals surface area contributed by atoms with Crippen molar-refractivity contribution >= 4 is 74.5 Å². The van der Waals surface area contributed by atoms with Crippen LogP contribution in [0.25, 0.3) is 28.1 Å². The molecule has 0 fully saturated rings. The molecule has 262 valence electrons. The van der Waals surface area contributed by atoms with Gasteiger partial charge in [0.05, 0.1) is 12.4 Å². The molecule has 4 N–H and O–H groups in total. The number of benzene rings is 4. The van der Waals surface area contributed by atoms with Gasteiger partial charge in [0.2, 0.25) is 5.91 Å². The van der Waals surface area contributed by atoms with Gasteiger partial charge in [-0.3, -0.25) is 14.4 Å². The molecule has 0 saturated heterocycles. The van der Waals surface area contributed by atoms with Crippen LogP contribution < -0.4 is 16.0 Å². The first-order chi connectivity index (χ1) is 25.2. The SMILES string of the molecule is CCC(Sc1cccc(NC(=O)/C(=C/c2c[nH]c3ccccc23)NC(=O)c2ccccc2)c1)C(=O)Nc1scc(-c2ccc(C)cc2)c1C(=O)OC. The number of ether oxygens (including phenoxy) is 1. The number of hydrogen-bond donors (Lipinski definition) is 4. The first-order valence-electron chi connectivity index (χ1n) is 16.5. The van der Waals surface area contributed by atoms with Gasteiger partial charge < -0.3 is 25.7 Å². The number of esters is 1. The Morgan fingerprint density at radius 1 is 0.904 bits per heavy atom. The zero-order chi connectivity index (χ0) is 36.6. The van der Waals surface area contributed by atoms with E-state index in [1.54, 1.807) is 54.7 Å². The van der Waals surface area contributed by atoms with Crippen molar-refractivity contribution in [3.05, 3.63) is 143 Å². The molecule has 52 heavy (non-hydrogen) atoms. The summed E-state index contributed by atoms with van der Waals surface area (Å²) < 4.78 is 5.09. The molecule has 4 aromatic carbocycles. The molecule has 2 aromatic heterocycles. The monoisotopic (exact) mass is 728 g/mol. The lowest BCUT2D eigenvalue weighted by atomic mass is 10.0. The number of rotatable bonds is 12. The topological polar surface area (TPSA) is 129 Å². The van der Waals surface area contributed by atoms with Gasteiger partial charge >= 0.3 is 5.97 Å². The average Bonchev–Trinajstić information content (AvgIpc) is 3.78. The molecule has 2 heterocycles. The minimum absolute atomic E-state index is 0.0600. The Balaban J connectivity index is 1.20. The van der Waals surface area contributed by atoms with Crippen LogP contribution in [0.2, 0.25) is 0 Å². The van der Waals surface area contributed by atoms with Gasteiger partial charge in [0.1, 0.15) is 16.3 Å². The van der Waals surface area contributed by atoms with Crippen LogP contribution in [0.1, 0.15) is 45.2 Å². The number of methoxy groups -OCH3 is 1. The molecule has 0 spiro atoms. The summed E-state index contributed by atoms with van der Waals surface area (Å²) in [4.78, 5) is 57.4. The number of aromatic nitrogens is 1. The number of carbonyl (C=O) groups is 4. The molecule has 0 radical (unpaired) electrons. The summed E-state index contributed by atoms with van der Waals surface area (Å²) in [6.45, 7) is 3.90. The second-order valence-corrected chi connectivity index (χ2v) is 14.0. The summed E-state index contributed by atoms with van der Waals surface area (Å²) in [6, 6.07) is 31.3. The molecule has 1 unspecified atom stereocenters. The van der Waals surface area contributed by atoms with Crippen LogP contribution >= 0.6 is 23.1 Å². The molecule has 11 heteroatoms. The van der Waals surface area contributed by atoms with E-state index in [1.165, 1.54) is 30.2 Å². The maximum atomic E-state index is 13.8. The quantitative estimate of drug-likeness (QED) is 0.0566. The van der Waals surface area contributed by atoms with E-state index < -0.39 is 23.0 Å². The molecule has 3 amide bonds. The highest BCUT2D eigenvalue weighted by Crippen LogP contribution is 2.37. The number of fused-ring (bicyclic) bond motifs is 1. The predicted octanol–water partition coefficient (Wildman–Crippen LogP) is 8.91. The van der Waals surface area contributed by atoms with Crippen LogP contribution in [-0.2, 0) is 14.3 Å². The van der Waals surface area contributed by atoms with Gasteiger partial charge in [-0.15, -0.1) is 23.1 Å². The number of carbonyl (C=O) groups excluding carboxylic acids is 4. The molecule has 0 aliphatic rings. The summed E-state index contributed by atoms with van der Waals surface area (Å²) >= 11 is 2.61. The number of thiophene rings is 1. The van der Waals surface area contributed by atoms with Crippen molar-refractivity contribution in [2.75, 3.05) is 17.7 Å². The molecule has 6 aromatic rings. The van der Waals surface area contributed by atoms with Gasteiger partial charge in [-0.1, -0.05) is 79.2 Å². The van der Waals surface area contributed by atoms with Crippen LogP contribution in [-0.4, -0.2) is 41.0 Å². The number of para-hydroxylation sites is 1. The number of hydrogen-bond acceptors (Lipinski definition) is 7. The number of aromatic amines is 1. The summed E-state index contributed by atoms with van der Waals surface area (Å²) in [7, 11) is 1.32. The van der Waals surface area contributed by atoms with Gasteiger partial charge in [-0.2, -0.15) is 0 Å². The fourth-order valence-corrected chi connectivity index (χ4v) is 7.51. The number of thioether (sulfide) groups is 1. The molecular formula is C41H36N4O5S2. The fraction of sp³-hybridized carbons (Fsp3) is 0.122. The van der Waals surface area contributed by atoms with E-state index >= 15 is 0 Å². The third-order valence-corrected chi connectivity index (χ3v) is 10.5. The third kappa shape index (κ3) is 8.34. The van der Waals surface area contributed by atoms with E-state index in [4.69, 9.17) is 4.74 Å². The van der Waals surface area contributed by atoms with Gasteiger partial charge in [0, 0.05) is 49.8 Å². The second kappa shape index (κ2) is 16.4. The fourth-order valence-electron chi connectivity index (χ4n) is 5.54. The van der Waals surface area contributed by atoms with Gasteiger partial charge in [-0.05, 0) is 61.4 Å². The van der Waals surface area contributed by atoms with E-state index in [-0.39, 0.29) is 11.6 Å². The standard InChI is InChI=1S/C41H36N4O5S2/c1-4-35(39(48)45-40-36(41(49)50-3)32(24-51-40)26-19-17-25(2)18-20-26)52-30-14-10-13-29(22-30)43-38(47)34(44-37(46)27-11-6-5-7-12-27)21-28-23-42-33-16-9-8-15-31(28)33/h5-24,35,42H,4H2,1-3H3,(H,43,47)(H,44,46)(H,45,48)/b34-21-. The normalized spacial score (nSPS) is 11.9. The van der Waals surface area contributed by atoms with Gasteiger partial charge in [0.15, 0.2) is 0 Å². The summed E-state index contributed by atoms with van der Waals surface area (Å²) in [6.07, 6.45) is 3.93. The Labute approximate surface area is 309 Å². The predicted molar refractivity (Wildman–Crippen MR) is 210 cm³/mol. The molecular weight excluding hydrogens is 693 g/mol. The van der Waals surface area contributed by atoms with Crippen molar-refractivity contribution in [3.63, 3.8) is 0 Å². The largest absolute Gasteiger partial charge is 0.465 e. The summed E-state index contributed by atoms with van der Waals surface area (Å²) in [5.74, 6) is -1.74. The zero-order valence-electron chi connectivity index (χ0n) is 28.7. The van der Waals surface area contributed by atoms with Crippen molar-refractivity contribution in [1.82, 2.24) is 10.3 Å². The van der Waals surface area contributed by atoms with Crippen molar-refractivity contribution < 1.29 is 23.9 Å². The molecule has 0 bridgehead atoms. The van der Waals surface area contributed by atoms with Crippen molar-refractivity contribution in [2.24, 2.45) is 0 Å². The number of amides is 3. The number of nitrogens with one attached hydrogen (secondary N) is 4. The lowest BCUT2D eigenvalue weighted by Crippen LogP contribution is -2.30. The Morgan fingerprint density at radius 2 is 1.65 bits per heavy atom. The Bertz CT molecular complexity index is 2280. The van der Waals surface area contributed by atoms with Gasteiger partial charge in [0.25, 0.3) is 11.8 Å². The van der Waals surface area contributed by atoms with Crippen molar-refractivity contribution in [2.45, 2.75) is 30.4 Å². The van der Waals surface area contributed by atoms with Crippen molar-refractivity contribution in [1.29, 1.82) is 0 Å². The van der Waals surface area contributed by atoms with E-state index in [0.29, 0.717) is 33.8 Å². The highest BCUT2D eigenvalue weighted by molar-refractivity contribution is 8.00. The van der Waals surface area contributed by atoms with Crippen LogP contribution in [0.4, 0.5) is 10.7 Å². The number of anilines is 2. The number of H-pyrrole nitrogens is 1. The smallest absolute Gasteiger partial charge is 0.341 e. The third-order valence-electron chi connectivity index (χ3n) is 8.26. The van der Waals surface area contributed by atoms with Crippen LogP contribution in [0.5, 0.6) is 0 Å². The molecule has 0 aliphatic heterocycles. The Kier molecular flexibility index (Phi) is 11.3. The lowest BCUT2D eigenvalue weighted by Gasteiger charge is -2.16. The highest BCUT2D eigenvalue weighted by Gasteiger charge is 2.26. The average molecular weight is 729 g/mol. The van der Waals surface area contributed by atoms with Crippen molar-refractivity contribution in [3.8, 4) is 11.1 Å². The minimum atomic E-state index is -0.533. The maximum absolute atomic E-state index is 13.8. The minimum Gasteiger partial charge on any atom is -0.465 e. The molecule has 0 aliphatic carbocycles.